The number of halogens is 1. The van der Waals surface area contributed by atoms with Crippen LogP contribution in [-0.4, -0.2) is 33.2 Å². The van der Waals surface area contributed by atoms with E-state index in [-0.39, 0.29) is 12.5 Å². The lowest BCUT2D eigenvalue weighted by molar-refractivity contribution is -0.122. The Balaban J connectivity index is 2.19. The monoisotopic (exact) mass is 424 g/mol. The van der Waals surface area contributed by atoms with Crippen molar-refractivity contribution in [3.05, 3.63) is 59.1 Å². The van der Waals surface area contributed by atoms with Crippen molar-refractivity contribution in [3.63, 3.8) is 0 Å². The highest BCUT2D eigenvalue weighted by molar-refractivity contribution is 7.92. The molecule has 2 aromatic carbocycles. The van der Waals surface area contributed by atoms with E-state index in [2.05, 4.69) is 5.32 Å². The molecular formula is C20H25ClN2O4S. The maximum absolute atomic E-state index is 12.8. The molecule has 8 heteroatoms. The Hall–Kier alpha value is -2.25. The molecule has 1 amide bonds. The number of benzene rings is 2. The van der Waals surface area contributed by atoms with Gasteiger partial charge in [-0.15, -0.1) is 0 Å². The van der Waals surface area contributed by atoms with Crippen LogP contribution in [0.1, 0.15) is 25.8 Å². The molecule has 0 aliphatic rings. The van der Waals surface area contributed by atoms with E-state index >= 15 is 0 Å². The standard InChI is InChI=1S/C20H25ClN2O4S/c1-4-19(23(28(3,25)26)17-11-9-16(21)10-12-17)20(24)22-14-15-7-6-8-18(13-15)27-5-2/h6-13,19H,4-5,14H2,1-3H3,(H,22,24)/t19-/m1/s1. The normalized spacial score (nSPS) is 12.3. The number of rotatable bonds is 9. The first-order valence-corrected chi connectivity index (χ1v) is 11.2. The average molecular weight is 425 g/mol. The van der Waals surface area contributed by atoms with Crippen LogP contribution in [-0.2, 0) is 21.4 Å². The molecular weight excluding hydrogens is 400 g/mol. The summed E-state index contributed by atoms with van der Waals surface area (Å²) in [5.74, 6) is 0.352. The second-order valence-electron chi connectivity index (χ2n) is 6.26. The fraction of sp³-hybridized carbons (Fsp3) is 0.350. The molecule has 0 fully saturated rings. The second-order valence-corrected chi connectivity index (χ2v) is 8.55. The van der Waals surface area contributed by atoms with Crippen LogP contribution in [0.25, 0.3) is 0 Å². The topological polar surface area (TPSA) is 75.7 Å². The maximum atomic E-state index is 12.8. The molecule has 0 unspecified atom stereocenters. The molecule has 28 heavy (non-hydrogen) atoms. The van der Waals surface area contributed by atoms with Gasteiger partial charge < -0.3 is 10.1 Å². The number of nitrogens with zero attached hydrogens (tertiary/aromatic N) is 1. The highest BCUT2D eigenvalue weighted by atomic mass is 35.5. The van der Waals surface area contributed by atoms with Crippen LogP contribution in [0.2, 0.25) is 5.02 Å². The van der Waals surface area contributed by atoms with Crippen LogP contribution in [0.15, 0.2) is 48.5 Å². The highest BCUT2D eigenvalue weighted by Gasteiger charge is 2.31. The van der Waals surface area contributed by atoms with Crippen molar-refractivity contribution in [3.8, 4) is 5.75 Å². The Morgan fingerprint density at radius 3 is 2.43 bits per heavy atom. The summed E-state index contributed by atoms with van der Waals surface area (Å²) in [5, 5.41) is 3.32. The molecule has 2 rings (SSSR count). The van der Waals surface area contributed by atoms with Crippen LogP contribution in [0, 0.1) is 0 Å². The molecule has 0 bridgehead atoms. The van der Waals surface area contributed by atoms with Gasteiger partial charge in [0.05, 0.1) is 18.6 Å². The van der Waals surface area contributed by atoms with Crippen molar-refractivity contribution in [1.29, 1.82) is 0 Å². The van der Waals surface area contributed by atoms with Crippen LogP contribution in [0.5, 0.6) is 5.75 Å². The van der Waals surface area contributed by atoms with Gasteiger partial charge in [-0.25, -0.2) is 8.42 Å². The van der Waals surface area contributed by atoms with Crippen molar-refractivity contribution < 1.29 is 17.9 Å². The number of amides is 1. The summed E-state index contributed by atoms with van der Waals surface area (Å²) in [6, 6.07) is 12.9. The van der Waals surface area contributed by atoms with E-state index < -0.39 is 16.1 Å². The van der Waals surface area contributed by atoms with Gasteiger partial charge in [0.25, 0.3) is 0 Å². The van der Waals surface area contributed by atoms with Crippen molar-refractivity contribution in [2.75, 3.05) is 17.2 Å². The van der Waals surface area contributed by atoms with Crippen molar-refractivity contribution in [2.24, 2.45) is 0 Å². The maximum Gasteiger partial charge on any atom is 0.244 e. The SMILES string of the molecule is CCOc1cccc(CNC(=O)[C@@H](CC)N(c2ccc(Cl)cc2)S(C)(=O)=O)c1. The van der Waals surface area contributed by atoms with Gasteiger partial charge in [-0.2, -0.15) is 0 Å². The lowest BCUT2D eigenvalue weighted by atomic mass is 10.1. The van der Waals surface area contributed by atoms with Gasteiger partial charge in [-0.3, -0.25) is 9.10 Å². The highest BCUT2D eigenvalue weighted by Crippen LogP contribution is 2.24. The lowest BCUT2D eigenvalue weighted by Gasteiger charge is -2.30. The van der Waals surface area contributed by atoms with E-state index in [1.165, 1.54) is 0 Å². The van der Waals surface area contributed by atoms with Gasteiger partial charge in [-0.05, 0) is 55.3 Å². The average Bonchev–Trinajstić information content (AvgIpc) is 2.65. The number of sulfonamides is 1. The minimum absolute atomic E-state index is 0.272. The summed E-state index contributed by atoms with van der Waals surface area (Å²) in [7, 11) is -3.67. The van der Waals surface area contributed by atoms with Crippen molar-refractivity contribution in [1.82, 2.24) is 5.32 Å². The molecule has 0 aliphatic heterocycles. The number of carbonyl (C=O) groups is 1. The Morgan fingerprint density at radius 2 is 1.86 bits per heavy atom. The Bertz CT molecular complexity index is 901. The van der Waals surface area contributed by atoms with Gasteiger partial charge in [0.2, 0.25) is 15.9 Å². The van der Waals surface area contributed by atoms with Crippen LogP contribution in [0.4, 0.5) is 5.69 Å². The minimum atomic E-state index is -3.67. The summed E-state index contributed by atoms with van der Waals surface area (Å²) in [6.45, 7) is 4.50. The van der Waals surface area contributed by atoms with Gasteiger partial charge >= 0.3 is 0 Å². The Morgan fingerprint density at radius 1 is 1.18 bits per heavy atom. The van der Waals surface area contributed by atoms with Gasteiger partial charge in [0, 0.05) is 11.6 Å². The zero-order valence-corrected chi connectivity index (χ0v) is 17.8. The third-order valence-electron chi connectivity index (χ3n) is 4.09. The summed E-state index contributed by atoms with van der Waals surface area (Å²) < 4.78 is 31.4. The van der Waals surface area contributed by atoms with Gasteiger partial charge in [0.1, 0.15) is 11.8 Å². The molecule has 6 nitrogen and oxygen atoms in total. The van der Waals surface area contributed by atoms with Gasteiger partial charge in [0.15, 0.2) is 0 Å². The van der Waals surface area contributed by atoms with Gasteiger partial charge in [-0.1, -0.05) is 30.7 Å². The number of hydrogen-bond donors (Lipinski definition) is 1. The zero-order valence-electron chi connectivity index (χ0n) is 16.2. The molecule has 2 aromatic rings. The van der Waals surface area contributed by atoms with Crippen molar-refractivity contribution in [2.45, 2.75) is 32.9 Å². The van der Waals surface area contributed by atoms with Crippen LogP contribution in [0.3, 0.4) is 0 Å². The third kappa shape index (κ3) is 5.87. The lowest BCUT2D eigenvalue weighted by Crippen LogP contribution is -2.49. The number of ether oxygens (including phenoxy) is 1. The summed E-state index contributed by atoms with van der Waals surface area (Å²) >= 11 is 5.90. The third-order valence-corrected chi connectivity index (χ3v) is 5.52. The second kappa shape index (κ2) is 9.80. The molecule has 0 heterocycles. The number of hydrogen-bond acceptors (Lipinski definition) is 4. The van der Waals surface area contributed by atoms with E-state index in [4.69, 9.17) is 16.3 Å². The Labute approximate surface area is 171 Å². The summed E-state index contributed by atoms with van der Waals surface area (Å²) in [5.41, 5.74) is 1.26. The first-order chi connectivity index (χ1) is 13.3. The molecule has 0 aliphatic carbocycles. The number of carbonyl (C=O) groups excluding carboxylic acids is 1. The number of nitrogens with one attached hydrogen (secondary N) is 1. The predicted molar refractivity (Wildman–Crippen MR) is 112 cm³/mol. The fourth-order valence-corrected chi connectivity index (χ4v) is 4.20. The van der Waals surface area contributed by atoms with E-state index in [9.17, 15) is 13.2 Å². The van der Waals surface area contributed by atoms with E-state index in [1.54, 1.807) is 31.2 Å². The van der Waals surface area contributed by atoms with Crippen LogP contribution < -0.4 is 14.4 Å². The first kappa shape index (κ1) is 22.0. The zero-order chi connectivity index (χ0) is 20.7. The predicted octanol–water partition coefficient (Wildman–Crippen LogP) is 3.60. The van der Waals surface area contributed by atoms with E-state index in [0.29, 0.717) is 23.7 Å². The smallest absolute Gasteiger partial charge is 0.244 e. The Kier molecular flexibility index (Phi) is 7.71. The molecule has 0 saturated carbocycles. The molecule has 0 radical (unpaired) electrons. The van der Waals surface area contributed by atoms with Crippen LogP contribution >= 0.6 is 11.6 Å². The largest absolute Gasteiger partial charge is 0.494 e. The molecule has 152 valence electrons. The summed E-state index contributed by atoms with van der Waals surface area (Å²) in [4.78, 5) is 12.8. The summed E-state index contributed by atoms with van der Waals surface area (Å²) in [6.07, 6.45) is 1.41. The molecule has 1 N–H and O–H groups in total. The molecule has 0 saturated heterocycles. The van der Waals surface area contributed by atoms with Crippen molar-refractivity contribution >= 4 is 33.2 Å². The van der Waals surface area contributed by atoms with E-state index in [0.717, 1.165) is 21.9 Å². The fourth-order valence-electron chi connectivity index (χ4n) is 2.87. The molecule has 1 atom stereocenters. The minimum Gasteiger partial charge on any atom is -0.494 e. The quantitative estimate of drug-likeness (QED) is 0.667. The molecule has 0 aromatic heterocycles. The van der Waals surface area contributed by atoms with E-state index in [1.807, 2.05) is 31.2 Å². The first-order valence-electron chi connectivity index (χ1n) is 9.00. The molecule has 0 spiro atoms. The number of anilines is 1.